The van der Waals surface area contributed by atoms with Gasteiger partial charge in [0.1, 0.15) is 0 Å². The van der Waals surface area contributed by atoms with Crippen molar-refractivity contribution in [1.29, 1.82) is 0 Å². The third-order valence-corrected chi connectivity index (χ3v) is 2.82. The van der Waals surface area contributed by atoms with Crippen molar-refractivity contribution in [2.75, 3.05) is 26.8 Å². The van der Waals surface area contributed by atoms with E-state index in [1.54, 1.807) is 0 Å². The topological polar surface area (TPSA) is 33.3 Å². The van der Waals surface area contributed by atoms with Crippen LogP contribution in [0, 0.1) is 0 Å². The van der Waals surface area contributed by atoms with E-state index in [0.29, 0.717) is 12.1 Å². The molecule has 2 N–H and O–H groups in total. The zero-order valence-corrected chi connectivity index (χ0v) is 9.07. The van der Waals surface area contributed by atoms with Crippen molar-refractivity contribution in [2.24, 2.45) is 0 Å². The molecule has 0 bridgehead atoms. The molecule has 0 saturated carbocycles. The normalized spacial score (nSPS) is 23.7. The van der Waals surface area contributed by atoms with Crippen LogP contribution in [0.2, 0.25) is 0 Å². The molecular formula is C12H18N2O. The van der Waals surface area contributed by atoms with Crippen LogP contribution in [0.4, 0.5) is 0 Å². The van der Waals surface area contributed by atoms with Crippen molar-refractivity contribution in [3.63, 3.8) is 0 Å². The Balaban J connectivity index is 2.09. The minimum atomic E-state index is 0.325. The lowest BCUT2D eigenvalue weighted by atomic mass is 9.99. The maximum absolute atomic E-state index is 5.48. The summed E-state index contributed by atoms with van der Waals surface area (Å²) >= 11 is 0. The summed E-state index contributed by atoms with van der Waals surface area (Å²) < 4.78 is 5.48. The van der Waals surface area contributed by atoms with E-state index in [1.807, 2.05) is 13.1 Å². The molecular weight excluding hydrogens is 188 g/mol. The van der Waals surface area contributed by atoms with Gasteiger partial charge in [-0.25, -0.2) is 0 Å². The monoisotopic (exact) mass is 206 g/mol. The lowest BCUT2D eigenvalue weighted by molar-refractivity contribution is 0.0645. The highest BCUT2D eigenvalue weighted by Crippen LogP contribution is 2.17. The first-order valence-electron chi connectivity index (χ1n) is 5.45. The molecule has 1 heterocycles. The minimum Gasteiger partial charge on any atom is -0.378 e. The average molecular weight is 206 g/mol. The highest BCUT2D eigenvalue weighted by molar-refractivity contribution is 5.20. The zero-order chi connectivity index (χ0) is 10.5. The number of likely N-dealkylation sites (N-methyl/N-ethyl adjacent to an activating group) is 1. The van der Waals surface area contributed by atoms with Crippen molar-refractivity contribution in [1.82, 2.24) is 10.6 Å². The van der Waals surface area contributed by atoms with Crippen LogP contribution in [0.15, 0.2) is 30.3 Å². The number of benzene rings is 1. The van der Waals surface area contributed by atoms with Gasteiger partial charge >= 0.3 is 0 Å². The summed E-state index contributed by atoms with van der Waals surface area (Å²) in [6.45, 7) is 2.54. The summed E-state index contributed by atoms with van der Waals surface area (Å²) in [5.41, 5.74) is 1.31. The van der Waals surface area contributed by atoms with Gasteiger partial charge in [-0.3, -0.25) is 0 Å². The van der Waals surface area contributed by atoms with E-state index in [9.17, 15) is 0 Å². The zero-order valence-electron chi connectivity index (χ0n) is 9.07. The lowest BCUT2D eigenvalue weighted by Gasteiger charge is -2.31. The van der Waals surface area contributed by atoms with Gasteiger partial charge in [-0.2, -0.15) is 0 Å². The standard InChI is InChI=1S/C12H18N2O/c1-13-12(10-5-3-2-4-6-10)11-9-15-8-7-14-11/h2-6,11-14H,7-9H2,1H3. The predicted molar refractivity (Wildman–Crippen MR) is 60.9 cm³/mol. The summed E-state index contributed by atoms with van der Waals surface area (Å²) in [4.78, 5) is 0. The Hall–Kier alpha value is -0.900. The van der Waals surface area contributed by atoms with Crippen LogP contribution >= 0.6 is 0 Å². The SMILES string of the molecule is CNC(c1ccccc1)C1COCCN1. The molecule has 2 atom stereocenters. The number of rotatable bonds is 3. The molecule has 82 valence electrons. The molecule has 3 heteroatoms. The van der Waals surface area contributed by atoms with Crippen molar-refractivity contribution in [2.45, 2.75) is 12.1 Å². The van der Waals surface area contributed by atoms with E-state index >= 15 is 0 Å². The van der Waals surface area contributed by atoms with Gasteiger partial charge in [0, 0.05) is 12.6 Å². The Morgan fingerprint density at radius 2 is 2.20 bits per heavy atom. The minimum absolute atomic E-state index is 0.325. The number of hydrogen-bond donors (Lipinski definition) is 2. The first kappa shape index (κ1) is 10.6. The molecule has 0 radical (unpaired) electrons. The van der Waals surface area contributed by atoms with Crippen LogP contribution in [0.3, 0.4) is 0 Å². The largest absolute Gasteiger partial charge is 0.378 e. The van der Waals surface area contributed by atoms with Crippen LogP contribution < -0.4 is 10.6 Å². The second kappa shape index (κ2) is 5.26. The highest BCUT2D eigenvalue weighted by Gasteiger charge is 2.23. The van der Waals surface area contributed by atoms with Gasteiger partial charge in [0.25, 0.3) is 0 Å². The van der Waals surface area contributed by atoms with E-state index < -0.39 is 0 Å². The molecule has 0 aromatic heterocycles. The van der Waals surface area contributed by atoms with Crippen LogP contribution in [0.5, 0.6) is 0 Å². The fourth-order valence-electron chi connectivity index (χ4n) is 2.06. The molecule has 15 heavy (non-hydrogen) atoms. The molecule has 1 fully saturated rings. The Bertz CT molecular complexity index is 283. The van der Waals surface area contributed by atoms with Crippen LogP contribution in [-0.2, 0) is 4.74 Å². The van der Waals surface area contributed by atoms with Gasteiger partial charge in [-0.05, 0) is 12.6 Å². The van der Waals surface area contributed by atoms with E-state index in [-0.39, 0.29) is 0 Å². The molecule has 2 rings (SSSR count). The summed E-state index contributed by atoms with van der Waals surface area (Å²) in [6, 6.07) is 11.2. The maximum atomic E-state index is 5.48. The molecule has 1 saturated heterocycles. The summed E-state index contributed by atoms with van der Waals surface area (Å²) in [5, 5.41) is 6.83. The first-order chi connectivity index (χ1) is 7.42. The van der Waals surface area contributed by atoms with E-state index in [1.165, 1.54) is 5.56 Å². The van der Waals surface area contributed by atoms with Gasteiger partial charge in [0.15, 0.2) is 0 Å². The molecule has 0 amide bonds. The van der Waals surface area contributed by atoms with Crippen LogP contribution in [0.25, 0.3) is 0 Å². The Morgan fingerprint density at radius 3 is 2.80 bits per heavy atom. The Morgan fingerprint density at radius 1 is 1.40 bits per heavy atom. The Labute approximate surface area is 90.8 Å². The summed E-state index contributed by atoms with van der Waals surface area (Å²) in [6.07, 6.45) is 0. The van der Waals surface area contributed by atoms with Gasteiger partial charge in [-0.15, -0.1) is 0 Å². The molecule has 1 aromatic rings. The average Bonchev–Trinajstić information content (AvgIpc) is 2.33. The molecule has 1 aliphatic rings. The molecule has 1 aliphatic heterocycles. The van der Waals surface area contributed by atoms with Crippen molar-refractivity contribution >= 4 is 0 Å². The molecule has 2 unspecified atom stereocenters. The van der Waals surface area contributed by atoms with Crippen LogP contribution in [0.1, 0.15) is 11.6 Å². The maximum Gasteiger partial charge on any atom is 0.0638 e. The lowest BCUT2D eigenvalue weighted by Crippen LogP contribution is -2.48. The number of morpholine rings is 1. The number of nitrogens with one attached hydrogen (secondary N) is 2. The summed E-state index contributed by atoms with van der Waals surface area (Å²) in [5.74, 6) is 0. The molecule has 0 aliphatic carbocycles. The molecule has 1 aromatic carbocycles. The smallest absolute Gasteiger partial charge is 0.0638 e. The van der Waals surface area contributed by atoms with Crippen molar-refractivity contribution < 1.29 is 4.74 Å². The van der Waals surface area contributed by atoms with E-state index in [2.05, 4.69) is 34.9 Å². The first-order valence-corrected chi connectivity index (χ1v) is 5.45. The third kappa shape index (κ3) is 2.56. The second-order valence-corrected chi connectivity index (χ2v) is 3.81. The van der Waals surface area contributed by atoms with Gasteiger partial charge in [-0.1, -0.05) is 30.3 Å². The molecule has 3 nitrogen and oxygen atoms in total. The van der Waals surface area contributed by atoms with Gasteiger partial charge in [0.05, 0.1) is 19.3 Å². The fourth-order valence-corrected chi connectivity index (χ4v) is 2.06. The summed E-state index contributed by atoms with van der Waals surface area (Å²) in [7, 11) is 1.99. The van der Waals surface area contributed by atoms with Crippen molar-refractivity contribution in [3.8, 4) is 0 Å². The van der Waals surface area contributed by atoms with Gasteiger partial charge < -0.3 is 15.4 Å². The molecule has 0 spiro atoms. The second-order valence-electron chi connectivity index (χ2n) is 3.81. The Kier molecular flexibility index (Phi) is 3.72. The predicted octanol–water partition coefficient (Wildman–Crippen LogP) is 0.935. The fraction of sp³-hybridized carbons (Fsp3) is 0.500. The van der Waals surface area contributed by atoms with E-state index in [0.717, 1.165) is 19.8 Å². The number of hydrogen-bond acceptors (Lipinski definition) is 3. The number of ether oxygens (including phenoxy) is 1. The van der Waals surface area contributed by atoms with Gasteiger partial charge in [0.2, 0.25) is 0 Å². The van der Waals surface area contributed by atoms with E-state index in [4.69, 9.17) is 4.74 Å². The highest BCUT2D eigenvalue weighted by atomic mass is 16.5. The van der Waals surface area contributed by atoms with Crippen LogP contribution in [-0.4, -0.2) is 32.8 Å². The quantitative estimate of drug-likeness (QED) is 0.772. The third-order valence-electron chi connectivity index (χ3n) is 2.82. The van der Waals surface area contributed by atoms with Crippen molar-refractivity contribution in [3.05, 3.63) is 35.9 Å².